The van der Waals surface area contributed by atoms with Crippen molar-refractivity contribution < 1.29 is 27.6 Å². The van der Waals surface area contributed by atoms with E-state index >= 15 is 0 Å². The molecular formula is C18H20F3N5O4. The third-order valence-corrected chi connectivity index (χ3v) is 5.12. The van der Waals surface area contributed by atoms with E-state index in [0.717, 1.165) is 18.8 Å². The van der Waals surface area contributed by atoms with Gasteiger partial charge < -0.3 is 24.5 Å². The first kappa shape index (κ1) is 20.3. The number of anilines is 1. The Morgan fingerprint density at radius 3 is 2.47 bits per heavy atom. The second-order valence-electron chi connectivity index (χ2n) is 7.62. The van der Waals surface area contributed by atoms with Gasteiger partial charge in [0.1, 0.15) is 17.5 Å². The Labute approximate surface area is 169 Å². The Hall–Kier alpha value is -3.02. The molecule has 0 N–H and O–H groups in total. The van der Waals surface area contributed by atoms with Crippen LogP contribution in [0.4, 0.5) is 24.7 Å². The molecule has 12 heteroatoms. The van der Waals surface area contributed by atoms with Crippen LogP contribution in [0.1, 0.15) is 6.92 Å². The maximum atomic E-state index is 12.3. The van der Waals surface area contributed by atoms with Crippen molar-refractivity contribution in [1.29, 1.82) is 0 Å². The number of nitrogens with zero attached hydrogens (tertiary/aromatic N) is 5. The second-order valence-corrected chi connectivity index (χ2v) is 7.62. The summed E-state index contributed by atoms with van der Waals surface area (Å²) < 4.78 is 48.3. The molecule has 1 aromatic heterocycles. The zero-order chi connectivity index (χ0) is 21.5. The molecule has 0 bridgehead atoms. The van der Waals surface area contributed by atoms with E-state index in [0.29, 0.717) is 26.2 Å². The van der Waals surface area contributed by atoms with Crippen molar-refractivity contribution in [3.63, 3.8) is 0 Å². The summed E-state index contributed by atoms with van der Waals surface area (Å²) in [6.07, 6.45) is -3.32. The predicted octanol–water partition coefficient (Wildman–Crippen LogP) is 2.66. The molecule has 0 amide bonds. The van der Waals surface area contributed by atoms with E-state index in [1.807, 2.05) is 6.92 Å². The number of hydrogen-bond donors (Lipinski definition) is 0. The molecule has 1 aromatic carbocycles. The average molecular weight is 427 g/mol. The van der Waals surface area contributed by atoms with Crippen molar-refractivity contribution in [1.82, 2.24) is 14.5 Å². The van der Waals surface area contributed by atoms with Gasteiger partial charge in [0.25, 0.3) is 0 Å². The Kier molecular flexibility index (Phi) is 4.96. The van der Waals surface area contributed by atoms with Crippen molar-refractivity contribution in [2.75, 3.05) is 37.6 Å². The molecule has 0 aliphatic carbocycles. The maximum absolute atomic E-state index is 12.3. The van der Waals surface area contributed by atoms with Crippen LogP contribution < -0.4 is 14.4 Å². The monoisotopic (exact) mass is 427 g/mol. The number of aromatic nitrogens is 2. The Morgan fingerprint density at radius 1 is 1.23 bits per heavy atom. The smallest absolute Gasteiger partial charge is 0.436 e. The lowest BCUT2D eigenvalue weighted by Gasteiger charge is -2.39. The number of fused-ring (bicyclic) bond motifs is 1. The minimum Gasteiger partial charge on any atom is -0.436 e. The van der Waals surface area contributed by atoms with Gasteiger partial charge in [-0.15, -0.1) is 13.2 Å². The van der Waals surface area contributed by atoms with Gasteiger partial charge in [0.2, 0.25) is 0 Å². The zero-order valence-electron chi connectivity index (χ0n) is 16.1. The van der Waals surface area contributed by atoms with Crippen molar-refractivity contribution in [3.05, 3.63) is 40.6 Å². The summed E-state index contributed by atoms with van der Waals surface area (Å²) in [6, 6.07) is 6.10. The molecule has 1 fully saturated rings. The number of halogens is 3. The number of hydrogen-bond acceptors (Lipinski definition) is 7. The van der Waals surface area contributed by atoms with Gasteiger partial charge >= 0.3 is 18.2 Å². The van der Waals surface area contributed by atoms with Crippen LogP contribution in [0.2, 0.25) is 0 Å². The first-order valence-electron chi connectivity index (χ1n) is 9.34. The molecule has 0 spiro atoms. The Morgan fingerprint density at radius 2 is 1.90 bits per heavy atom. The molecule has 2 aromatic rings. The van der Waals surface area contributed by atoms with Gasteiger partial charge in [-0.2, -0.15) is 0 Å². The summed E-state index contributed by atoms with van der Waals surface area (Å²) in [5.41, 5.74) is 0.302. The highest BCUT2D eigenvalue weighted by Crippen LogP contribution is 2.32. The lowest BCUT2D eigenvalue weighted by atomic mass is 10.1. The third-order valence-electron chi connectivity index (χ3n) is 5.12. The van der Waals surface area contributed by atoms with Gasteiger partial charge in [-0.05, 0) is 36.1 Å². The van der Waals surface area contributed by atoms with Crippen molar-refractivity contribution in [3.8, 4) is 11.8 Å². The number of ether oxygens (including phenoxy) is 2. The lowest BCUT2D eigenvalue weighted by Crippen LogP contribution is -2.52. The maximum Gasteiger partial charge on any atom is 0.573 e. The number of nitro groups is 1. The molecule has 3 heterocycles. The molecule has 30 heavy (non-hydrogen) atoms. The fourth-order valence-corrected chi connectivity index (χ4v) is 3.86. The van der Waals surface area contributed by atoms with Crippen molar-refractivity contribution in [2.24, 2.45) is 0 Å². The average Bonchev–Trinajstić information content (AvgIpc) is 3.17. The highest BCUT2D eigenvalue weighted by molar-refractivity contribution is 5.49. The summed E-state index contributed by atoms with van der Waals surface area (Å²) in [4.78, 5) is 18.5. The van der Waals surface area contributed by atoms with Crippen LogP contribution in [0, 0.1) is 10.1 Å². The zero-order valence-corrected chi connectivity index (χ0v) is 16.1. The number of imidazole rings is 1. The molecule has 1 unspecified atom stereocenters. The lowest BCUT2D eigenvalue weighted by molar-refractivity contribution is -0.389. The van der Waals surface area contributed by atoms with E-state index in [4.69, 9.17) is 4.74 Å². The first-order valence-corrected chi connectivity index (χ1v) is 9.34. The fraction of sp³-hybridized carbons (Fsp3) is 0.500. The molecule has 1 atom stereocenters. The van der Waals surface area contributed by atoms with Crippen LogP contribution in [0.25, 0.3) is 0 Å². The van der Waals surface area contributed by atoms with Crippen LogP contribution in [-0.4, -0.2) is 64.1 Å². The highest BCUT2D eigenvalue weighted by atomic mass is 19.4. The number of benzene rings is 1. The van der Waals surface area contributed by atoms with E-state index < -0.39 is 16.9 Å². The van der Waals surface area contributed by atoms with Crippen LogP contribution >= 0.6 is 0 Å². The summed E-state index contributed by atoms with van der Waals surface area (Å²) in [6.45, 7) is 5.99. The number of alkyl halides is 3. The Bertz CT molecular complexity index is 899. The number of piperazine rings is 1. The standard InChI is InChI=1S/C18H20F3N5O4/c1-17(12-25-10-15(26(27)28)22-16(25)30-17)11-23-6-8-24(9-7-23)13-2-4-14(5-3-13)29-18(19,20)21/h2-5,10H,6-9,11-12H2,1H3. The van der Waals surface area contributed by atoms with Crippen molar-refractivity contribution >= 4 is 11.5 Å². The van der Waals surface area contributed by atoms with Crippen molar-refractivity contribution in [2.45, 2.75) is 25.4 Å². The molecule has 4 rings (SSSR count). The van der Waals surface area contributed by atoms with Crippen LogP contribution in [-0.2, 0) is 6.54 Å². The second kappa shape index (κ2) is 7.35. The summed E-state index contributed by atoms with van der Waals surface area (Å²) in [5.74, 6) is -0.471. The van der Waals surface area contributed by atoms with E-state index in [2.05, 4.69) is 19.5 Å². The van der Waals surface area contributed by atoms with Gasteiger partial charge in [-0.3, -0.25) is 9.47 Å². The normalized spacial score (nSPS) is 21.9. The summed E-state index contributed by atoms with van der Waals surface area (Å²) in [5, 5.41) is 10.8. The Balaban J connectivity index is 1.29. The van der Waals surface area contributed by atoms with Gasteiger partial charge in [-0.25, -0.2) is 0 Å². The molecule has 0 radical (unpaired) electrons. The van der Waals surface area contributed by atoms with E-state index in [-0.39, 0.29) is 17.6 Å². The first-order chi connectivity index (χ1) is 14.1. The van der Waals surface area contributed by atoms with Gasteiger partial charge in [0.15, 0.2) is 0 Å². The summed E-state index contributed by atoms with van der Waals surface area (Å²) in [7, 11) is 0. The van der Waals surface area contributed by atoms with E-state index in [9.17, 15) is 23.3 Å². The fourth-order valence-electron chi connectivity index (χ4n) is 3.86. The summed E-state index contributed by atoms with van der Waals surface area (Å²) >= 11 is 0. The molecule has 162 valence electrons. The van der Waals surface area contributed by atoms with E-state index in [1.165, 1.54) is 18.3 Å². The van der Waals surface area contributed by atoms with Crippen LogP contribution in [0.5, 0.6) is 11.8 Å². The highest BCUT2D eigenvalue weighted by Gasteiger charge is 2.41. The molecule has 2 aliphatic heterocycles. The van der Waals surface area contributed by atoms with Crippen LogP contribution in [0.15, 0.2) is 30.5 Å². The molecular weight excluding hydrogens is 407 g/mol. The molecule has 0 saturated carbocycles. The topological polar surface area (TPSA) is 85.9 Å². The van der Waals surface area contributed by atoms with Gasteiger partial charge in [-0.1, -0.05) is 0 Å². The molecule has 2 aliphatic rings. The minimum absolute atomic E-state index is 0.229. The predicted molar refractivity (Wildman–Crippen MR) is 99.7 cm³/mol. The minimum atomic E-state index is -4.70. The quantitative estimate of drug-likeness (QED) is 0.536. The molecule has 1 saturated heterocycles. The SMILES string of the molecule is CC1(CN2CCN(c3ccc(OC(F)(F)F)cc3)CC2)Cn2cc([N+](=O)[O-])nc2O1. The van der Waals surface area contributed by atoms with E-state index in [1.54, 1.807) is 16.7 Å². The van der Waals surface area contributed by atoms with Gasteiger partial charge in [0, 0.05) is 43.4 Å². The third kappa shape index (κ3) is 4.42. The van der Waals surface area contributed by atoms with Gasteiger partial charge in [0.05, 0.1) is 6.54 Å². The number of rotatable bonds is 5. The molecule has 9 nitrogen and oxygen atoms in total. The van der Waals surface area contributed by atoms with Crippen LogP contribution in [0.3, 0.4) is 0 Å². The largest absolute Gasteiger partial charge is 0.573 e.